The normalized spacial score (nSPS) is 15.3. The summed E-state index contributed by atoms with van der Waals surface area (Å²) >= 11 is 6.08. The Hall–Kier alpha value is -5.01. The summed E-state index contributed by atoms with van der Waals surface area (Å²) in [5.74, 6) is 0.367. The van der Waals surface area contributed by atoms with Crippen molar-refractivity contribution in [3.05, 3.63) is 81.7 Å². The maximum atomic E-state index is 12.4. The quantitative estimate of drug-likeness (QED) is 0.100. The summed E-state index contributed by atoms with van der Waals surface area (Å²) < 4.78 is 26.9. The first-order valence-corrected chi connectivity index (χ1v) is 13.7. The Morgan fingerprint density at radius 1 is 1.09 bits per heavy atom. The molecule has 0 unspecified atom stereocenters. The van der Waals surface area contributed by atoms with Gasteiger partial charge in [0.05, 0.1) is 49.2 Å². The number of hydrogen-bond donors (Lipinski definition) is 4. The highest BCUT2D eigenvalue weighted by Gasteiger charge is 2.32. The van der Waals surface area contributed by atoms with Crippen LogP contribution in [0.1, 0.15) is 41.6 Å². The van der Waals surface area contributed by atoms with Crippen molar-refractivity contribution in [2.45, 2.75) is 26.1 Å². The highest BCUT2D eigenvalue weighted by atomic mass is 35.5. The van der Waals surface area contributed by atoms with Crippen LogP contribution in [0.15, 0.2) is 69.3 Å². The van der Waals surface area contributed by atoms with Gasteiger partial charge in [0.15, 0.2) is 17.7 Å². The molecule has 14 heteroatoms. The number of urea groups is 1. The number of aliphatic hydroxyl groups is 1. The highest BCUT2D eigenvalue weighted by Crippen LogP contribution is 2.35. The number of nitrogens with one attached hydrogen (secondary N) is 3. The summed E-state index contributed by atoms with van der Waals surface area (Å²) in [7, 11) is 2.53. The van der Waals surface area contributed by atoms with Crippen LogP contribution in [0.25, 0.3) is 11.3 Å². The molecule has 0 fully saturated rings. The number of halogens is 1. The van der Waals surface area contributed by atoms with Gasteiger partial charge in [-0.2, -0.15) is 5.10 Å². The third kappa shape index (κ3) is 7.49. The second-order valence-corrected chi connectivity index (χ2v) is 9.71. The maximum Gasteiger partial charge on any atom is 0.339 e. The fraction of sp³-hybridized carbons (Fsp3) is 0.267. The number of benzene rings is 2. The minimum absolute atomic E-state index is 0.197. The number of nitrogens with zero attached hydrogens (tertiary/aromatic N) is 1. The van der Waals surface area contributed by atoms with Crippen molar-refractivity contribution in [3.63, 3.8) is 0 Å². The van der Waals surface area contributed by atoms with Crippen molar-refractivity contribution in [3.8, 4) is 22.8 Å². The number of ether oxygens (including phenoxy) is 4. The summed E-state index contributed by atoms with van der Waals surface area (Å²) in [6.45, 7) is 3.52. The summed E-state index contributed by atoms with van der Waals surface area (Å²) in [6, 6.07) is 11.9. The third-order valence-corrected chi connectivity index (χ3v) is 6.70. The molecule has 4 rings (SSSR count). The van der Waals surface area contributed by atoms with E-state index in [2.05, 4.69) is 21.2 Å². The van der Waals surface area contributed by atoms with E-state index >= 15 is 0 Å². The molecule has 0 spiro atoms. The molecule has 1 aliphatic rings. The van der Waals surface area contributed by atoms with E-state index in [1.807, 2.05) is 0 Å². The topological polar surface area (TPSA) is 170 Å². The Labute approximate surface area is 257 Å². The van der Waals surface area contributed by atoms with Crippen LogP contribution < -0.4 is 25.5 Å². The molecular weight excluding hydrogens is 596 g/mol. The number of esters is 2. The van der Waals surface area contributed by atoms with Gasteiger partial charge in [0.1, 0.15) is 18.1 Å². The lowest BCUT2D eigenvalue weighted by atomic mass is 9.95. The van der Waals surface area contributed by atoms with Crippen molar-refractivity contribution in [2.24, 2.45) is 5.10 Å². The molecule has 2 amide bonds. The average molecular weight is 627 g/mol. The molecule has 2 heterocycles. The lowest BCUT2D eigenvalue weighted by Gasteiger charge is -2.28. The Morgan fingerprint density at radius 3 is 2.59 bits per heavy atom. The molecule has 0 bridgehead atoms. The van der Waals surface area contributed by atoms with E-state index in [-0.39, 0.29) is 22.8 Å². The van der Waals surface area contributed by atoms with E-state index in [0.717, 1.165) is 0 Å². The van der Waals surface area contributed by atoms with E-state index in [1.54, 1.807) is 62.4 Å². The zero-order valence-electron chi connectivity index (χ0n) is 24.3. The van der Waals surface area contributed by atoms with Crippen molar-refractivity contribution < 1.29 is 42.9 Å². The first-order chi connectivity index (χ1) is 21.1. The number of carbonyl (C=O) groups is 3. The number of carbonyl (C=O) groups excluding carboxylic acids is 3. The Bertz CT molecular complexity index is 1600. The predicted molar refractivity (Wildman–Crippen MR) is 159 cm³/mol. The van der Waals surface area contributed by atoms with Crippen molar-refractivity contribution in [1.29, 1.82) is 0 Å². The lowest BCUT2D eigenvalue weighted by molar-refractivity contribution is -0.136. The molecule has 232 valence electrons. The Kier molecular flexibility index (Phi) is 10.5. The molecule has 44 heavy (non-hydrogen) atoms. The van der Waals surface area contributed by atoms with Gasteiger partial charge in [-0.3, -0.25) is 5.43 Å². The number of hydrogen-bond acceptors (Lipinski definition) is 11. The van der Waals surface area contributed by atoms with E-state index in [0.29, 0.717) is 46.5 Å². The van der Waals surface area contributed by atoms with Gasteiger partial charge in [-0.15, -0.1) is 0 Å². The SMILES string of the molecule is CCOc1cc([C@H]2NC(=O)NC(C)=C2C(=O)OC)ccc1OC[C@@H](O)N/N=C/c1ccc(-c2ccc(Cl)c(C(=O)OC)c2)o1. The van der Waals surface area contributed by atoms with Gasteiger partial charge in [-0.1, -0.05) is 17.7 Å². The second kappa shape index (κ2) is 14.4. The molecule has 4 N–H and O–H groups in total. The van der Waals surface area contributed by atoms with Crippen molar-refractivity contribution >= 4 is 35.8 Å². The minimum atomic E-state index is -1.20. The van der Waals surface area contributed by atoms with Gasteiger partial charge in [-0.25, -0.2) is 14.4 Å². The highest BCUT2D eigenvalue weighted by molar-refractivity contribution is 6.33. The zero-order chi connectivity index (χ0) is 31.8. The molecule has 3 aromatic rings. The van der Waals surface area contributed by atoms with Crippen LogP contribution in [-0.2, 0) is 14.3 Å². The Balaban J connectivity index is 1.39. The fourth-order valence-electron chi connectivity index (χ4n) is 4.33. The van der Waals surface area contributed by atoms with Crippen LogP contribution in [-0.4, -0.2) is 63.0 Å². The number of amides is 2. The maximum absolute atomic E-state index is 12.4. The molecule has 1 aliphatic heterocycles. The molecular formula is C30H31ClN4O9. The number of allylic oxidation sites excluding steroid dienone is 1. The second-order valence-electron chi connectivity index (χ2n) is 9.30. The van der Waals surface area contributed by atoms with Gasteiger partial charge >= 0.3 is 18.0 Å². The summed E-state index contributed by atoms with van der Waals surface area (Å²) in [5, 5.41) is 19.9. The standard InChI is InChI=1S/C30H31ClN4O9/c1-5-42-24-13-18(27-26(29(38)41-4)16(2)33-30(39)34-27)7-10-23(24)43-15-25(36)35-32-14-19-8-11-22(44-19)17-6-9-21(31)20(12-17)28(37)40-3/h6-14,25,27,35-36H,5,15H2,1-4H3,(H2,33,34,39)/b32-14+/t25-,27-/m1/s1. The molecule has 2 atom stereocenters. The largest absolute Gasteiger partial charge is 0.490 e. The predicted octanol–water partition coefficient (Wildman–Crippen LogP) is 3.91. The molecule has 0 radical (unpaired) electrons. The van der Waals surface area contributed by atoms with Crippen LogP contribution in [0.5, 0.6) is 11.5 Å². The number of rotatable bonds is 12. The number of furan rings is 1. The van der Waals surface area contributed by atoms with Gasteiger partial charge < -0.3 is 39.1 Å². The van der Waals surface area contributed by atoms with Gasteiger partial charge in [-0.05, 0) is 61.9 Å². The summed E-state index contributed by atoms with van der Waals surface area (Å²) in [5.41, 5.74) is 4.57. The van der Waals surface area contributed by atoms with Crippen molar-refractivity contribution in [2.75, 3.05) is 27.4 Å². The van der Waals surface area contributed by atoms with Gasteiger partial charge in [0.2, 0.25) is 0 Å². The Morgan fingerprint density at radius 2 is 1.86 bits per heavy atom. The van der Waals surface area contributed by atoms with Crippen molar-refractivity contribution in [1.82, 2.24) is 16.1 Å². The van der Waals surface area contributed by atoms with Crippen LogP contribution in [0.4, 0.5) is 4.79 Å². The number of aliphatic hydroxyl groups excluding tert-OH is 1. The smallest absolute Gasteiger partial charge is 0.339 e. The first-order valence-electron chi connectivity index (χ1n) is 13.4. The van der Waals surface area contributed by atoms with Crippen LogP contribution in [0, 0.1) is 0 Å². The van der Waals surface area contributed by atoms with Gasteiger partial charge in [0, 0.05) is 11.3 Å². The summed E-state index contributed by atoms with van der Waals surface area (Å²) in [4.78, 5) is 36.5. The molecule has 0 saturated carbocycles. The van der Waals surface area contributed by atoms with Crippen LogP contribution >= 0.6 is 11.6 Å². The van der Waals surface area contributed by atoms with E-state index in [1.165, 1.54) is 20.4 Å². The molecule has 0 saturated heterocycles. The minimum Gasteiger partial charge on any atom is -0.490 e. The van der Waals surface area contributed by atoms with Gasteiger partial charge in [0.25, 0.3) is 0 Å². The molecule has 2 aromatic carbocycles. The van der Waals surface area contributed by atoms with Crippen LogP contribution in [0.2, 0.25) is 5.02 Å². The molecule has 13 nitrogen and oxygen atoms in total. The average Bonchev–Trinajstić information content (AvgIpc) is 3.48. The van der Waals surface area contributed by atoms with E-state index in [4.69, 9.17) is 35.0 Å². The van der Waals surface area contributed by atoms with E-state index < -0.39 is 30.2 Å². The zero-order valence-corrected chi connectivity index (χ0v) is 25.1. The number of hydrazone groups is 1. The first kappa shape index (κ1) is 31.9. The fourth-order valence-corrected chi connectivity index (χ4v) is 4.53. The molecule has 1 aromatic heterocycles. The monoisotopic (exact) mass is 626 g/mol. The number of methoxy groups -OCH3 is 2. The molecule has 0 aliphatic carbocycles. The summed E-state index contributed by atoms with van der Waals surface area (Å²) in [6.07, 6.45) is 0.167. The van der Waals surface area contributed by atoms with E-state index in [9.17, 15) is 19.5 Å². The third-order valence-electron chi connectivity index (χ3n) is 6.37. The lowest BCUT2D eigenvalue weighted by Crippen LogP contribution is -2.45. The van der Waals surface area contributed by atoms with Crippen LogP contribution in [0.3, 0.4) is 0 Å².